The topological polar surface area (TPSA) is 53.9 Å². The number of hydrogen-bond donors (Lipinski definition) is 2. The fraction of sp³-hybridized carbons (Fsp3) is 0.154. The molecule has 2 aromatic heterocycles. The zero-order chi connectivity index (χ0) is 12.5. The van der Waals surface area contributed by atoms with Crippen molar-refractivity contribution in [1.82, 2.24) is 15.3 Å². The van der Waals surface area contributed by atoms with Crippen LogP contribution in [0.25, 0.3) is 11.0 Å². The summed E-state index contributed by atoms with van der Waals surface area (Å²) in [5.41, 5.74) is 0.277. The highest BCUT2D eigenvalue weighted by molar-refractivity contribution is 5.78. The van der Waals surface area contributed by atoms with Crippen LogP contribution in [0.3, 0.4) is 0 Å². The Balaban J connectivity index is 2.11. The van der Waals surface area contributed by atoms with Crippen LogP contribution in [0, 0.1) is 5.82 Å². The molecule has 1 atom stereocenters. The third-order valence-electron chi connectivity index (χ3n) is 2.88. The fourth-order valence-electron chi connectivity index (χ4n) is 2.04. The summed E-state index contributed by atoms with van der Waals surface area (Å²) >= 11 is 0. The fourth-order valence-corrected chi connectivity index (χ4v) is 2.04. The molecule has 0 spiro atoms. The largest absolute Gasteiger partial charge is 0.456 e. The van der Waals surface area contributed by atoms with Crippen LogP contribution in [0.15, 0.2) is 41.1 Å². The van der Waals surface area contributed by atoms with E-state index >= 15 is 0 Å². The Morgan fingerprint density at radius 3 is 3.00 bits per heavy atom. The highest BCUT2D eigenvalue weighted by atomic mass is 19.1. The number of aromatic nitrogens is 2. The first-order valence-electron chi connectivity index (χ1n) is 5.64. The van der Waals surface area contributed by atoms with E-state index in [1.54, 1.807) is 25.5 Å². The molecule has 0 fully saturated rings. The normalized spacial score (nSPS) is 13.0. The highest BCUT2D eigenvalue weighted by Gasteiger charge is 2.19. The molecule has 0 aliphatic carbocycles. The van der Waals surface area contributed by atoms with Gasteiger partial charge >= 0.3 is 0 Å². The molecule has 1 aromatic carbocycles. The number of para-hydroxylation sites is 1. The molecule has 0 saturated carbocycles. The number of furan rings is 1. The number of aromatic amines is 1. The van der Waals surface area contributed by atoms with Crippen molar-refractivity contribution in [1.29, 1.82) is 0 Å². The van der Waals surface area contributed by atoms with Crippen LogP contribution < -0.4 is 5.32 Å². The molecular weight excluding hydrogens is 233 g/mol. The van der Waals surface area contributed by atoms with Gasteiger partial charge in [-0.05, 0) is 19.2 Å². The van der Waals surface area contributed by atoms with E-state index in [-0.39, 0.29) is 17.4 Å². The first-order valence-corrected chi connectivity index (χ1v) is 5.64. The SMILES string of the molecule is CNC(c1ncc[nH]1)c1cc2cccc(F)c2o1. The Hall–Kier alpha value is -2.14. The number of imidazole rings is 1. The van der Waals surface area contributed by atoms with Crippen LogP contribution in [-0.2, 0) is 0 Å². The number of nitrogens with zero attached hydrogens (tertiary/aromatic N) is 1. The van der Waals surface area contributed by atoms with E-state index in [0.29, 0.717) is 5.76 Å². The molecule has 0 radical (unpaired) electrons. The number of fused-ring (bicyclic) bond motifs is 1. The summed E-state index contributed by atoms with van der Waals surface area (Å²) in [6, 6.07) is 6.48. The molecule has 0 aliphatic heterocycles. The molecule has 0 amide bonds. The lowest BCUT2D eigenvalue weighted by Crippen LogP contribution is -2.18. The number of halogens is 1. The lowest BCUT2D eigenvalue weighted by Gasteiger charge is -2.09. The van der Waals surface area contributed by atoms with Gasteiger partial charge < -0.3 is 14.7 Å². The zero-order valence-corrected chi connectivity index (χ0v) is 9.77. The molecule has 2 N–H and O–H groups in total. The third-order valence-corrected chi connectivity index (χ3v) is 2.88. The summed E-state index contributed by atoms with van der Waals surface area (Å²) in [4.78, 5) is 7.20. The summed E-state index contributed by atoms with van der Waals surface area (Å²) in [5.74, 6) is 1.01. The van der Waals surface area contributed by atoms with Crippen LogP contribution >= 0.6 is 0 Å². The molecule has 3 rings (SSSR count). The lowest BCUT2D eigenvalue weighted by molar-refractivity contribution is 0.468. The van der Waals surface area contributed by atoms with Gasteiger partial charge in [0.15, 0.2) is 11.4 Å². The van der Waals surface area contributed by atoms with Crippen LogP contribution in [0.5, 0.6) is 0 Å². The molecule has 18 heavy (non-hydrogen) atoms. The standard InChI is InChI=1S/C13H12FN3O/c1-15-11(13-16-5-6-17-13)10-7-8-3-2-4-9(14)12(8)18-10/h2-7,11,15H,1H3,(H,16,17). The third kappa shape index (κ3) is 1.69. The maximum absolute atomic E-state index is 13.6. The average molecular weight is 245 g/mol. The number of H-pyrrole nitrogens is 1. The minimum atomic E-state index is -0.354. The lowest BCUT2D eigenvalue weighted by atomic mass is 10.2. The highest BCUT2D eigenvalue weighted by Crippen LogP contribution is 2.27. The number of nitrogens with one attached hydrogen (secondary N) is 2. The summed E-state index contributed by atoms with van der Waals surface area (Å²) in [6.07, 6.45) is 3.41. The smallest absolute Gasteiger partial charge is 0.169 e. The first-order chi connectivity index (χ1) is 8.79. The zero-order valence-electron chi connectivity index (χ0n) is 9.77. The van der Waals surface area contributed by atoms with Gasteiger partial charge in [0.2, 0.25) is 0 Å². The minimum Gasteiger partial charge on any atom is -0.456 e. The number of rotatable bonds is 3. The van der Waals surface area contributed by atoms with Crippen LogP contribution in [0.1, 0.15) is 17.6 Å². The van der Waals surface area contributed by atoms with Crippen molar-refractivity contribution in [2.45, 2.75) is 6.04 Å². The van der Waals surface area contributed by atoms with Gasteiger partial charge in [-0.1, -0.05) is 12.1 Å². The van der Waals surface area contributed by atoms with Gasteiger partial charge in [0.1, 0.15) is 17.6 Å². The van der Waals surface area contributed by atoms with E-state index < -0.39 is 0 Å². The Kier molecular flexibility index (Phi) is 2.60. The van der Waals surface area contributed by atoms with Crippen molar-refractivity contribution in [2.24, 2.45) is 0 Å². The minimum absolute atomic E-state index is 0.216. The van der Waals surface area contributed by atoms with Crippen molar-refractivity contribution in [3.63, 3.8) is 0 Å². The second-order valence-corrected chi connectivity index (χ2v) is 4.00. The summed E-state index contributed by atoms with van der Waals surface area (Å²) in [7, 11) is 1.80. The summed E-state index contributed by atoms with van der Waals surface area (Å²) in [5, 5.41) is 3.84. The second kappa shape index (κ2) is 4.27. The van der Waals surface area contributed by atoms with Gasteiger partial charge in [0.25, 0.3) is 0 Å². The quantitative estimate of drug-likeness (QED) is 0.745. The molecule has 5 heteroatoms. The van der Waals surface area contributed by atoms with Crippen LogP contribution in [0.2, 0.25) is 0 Å². The van der Waals surface area contributed by atoms with E-state index in [2.05, 4.69) is 15.3 Å². The van der Waals surface area contributed by atoms with Crippen molar-refractivity contribution in [3.05, 3.63) is 54.1 Å². The monoisotopic (exact) mass is 245 g/mol. The van der Waals surface area contributed by atoms with Crippen molar-refractivity contribution < 1.29 is 8.81 Å². The van der Waals surface area contributed by atoms with Crippen molar-refractivity contribution in [3.8, 4) is 0 Å². The Morgan fingerprint density at radius 1 is 1.44 bits per heavy atom. The molecule has 2 heterocycles. The molecule has 0 bridgehead atoms. The van der Waals surface area contributed by atoms with Gasteiger partial charge in [-0.25, -0.2) is 9.37 Å². The van der Waals surface area contributed by atoms with Gasteiger partial charge in [0.05, 0.1) is 0 Å². The van der Waals surface area contributed by atoms with Crippen molar-refractivity contribution in [2.75, 3.05) is 7.05 Å². The predicted molar refractivity (Wildman–Crippen MR) is 65.7 cm³/mol. The van der Waals surface area contributed by atoms with E-state index in [1.165, 1.54) is 6.07 Å². The molecule has 92 valence electrons. The first kappa shape index (κ1) is 11.0. The molecule has 0 saturated heterocycles. The number of hydrogen-bond acceptors (Lipinski definition) is 3. The molecule has 1 unspecified atom stereocenters. The van der Waals surface area contributed by atoms with Crippen LogP contribution in [0.4, 0.5) is 4.39 Å². The summed E-state index contributed by atoms with van der Waals surface area (Å²) < 4.78 is 19.1. The van der Waals surface area contributed by atoms with Crippen molar-refractivity contribution >= 4 is 11.0 Å². The Morgan fingerprint density at radius 2 is 2.33 bits per heavy atom. The molecule has 0 aliphatic rings. The second-order valence-electron chi connectivity index (χ2n) is 4.00. The molecule has 3 aromatic rings. The maximum atomic E-state index is 13.6. The Bertz CT molecular complexity index is 660. The van der Waals surface area contributed by atoms with Gasteiger partial charge in [-0.2, -0.15) is 0 Å². The van der Waals surface area contributed by atoms with Gasteiger partial charge in [0, 0.05) is 17.8 Å². The van der Waals surface area contributed by atoms with E-state index in [0.717, 1.165) is 11.2 Å². The van der Waals surface area contributed by atoms with E-state index in [4.69, 9.17) is 4.42 Å². The molecule has 4 nitrogen and oxygen atoms in total. The summed E-state index contributed by atoms with van der Waals surface area (Å²) in [6.45, 7) is 0. The van der Waals surface area contributed by atoms with Gasteiger partial charge in [-0.3, -0.25) is 0 Å². The van der Waals surface area contributed by atoms with Gasteiger partial charge in [-0.15, -0.1) is 0 Å². The van der Waals surface area contributed by atoms with E-state index in [9.17, 15) is 4.39 Å². The average Bonchev–Trinajstić information content (AvgIpc) is 3.00. The van der Waals surface area contributed by atoms with E-state index in [1.807, 2.05) is 12.1 Å². The number of benzene rings is 1. The Labute approximate surface area is 103 Å². The van der Waals surface area contributed by atoms with Crippen LogP contribution in [-0.4, -0.2) is 17.0 Å². The molecular formula is C13H12FN3O. The maximum Gasteiger partial charge on any atom is 0.169 e. The predicted octanol–water partition coefficient (Wildman–Crippen LogP) is 2.60.